The minimum Gasteiger partial charge on any atom is -0.370 e. The van der Waals surface area contributed by atoms with Gasteiger partial charge in [-0.15, -0.1) is 0 Å². The van der Waals surface area contributed by atoms with Gasteiger partial charge < -0.3 is 4.74 Å². The fourth-order valence-corrected chi connectivity index (χ4v) is 2.62. The SMILES string of the molecule is Cc1ccc(C(=O)C2CCCO2)c2ccccc12. The average molecular weight is 240 g/mol. The molecule has 2 aromatic carbocycles. The zero-order chi connectivity index (χ0) is 12.5. The predicted molar refractivity (Wildman–Crippen MR) is 72.0 cm³/mol. The second-order valence-corrected chi connectivity index (χ2v) is 4.84. The highest BCUT2D eigenvalue weighted by atomic mass is 16.5. The topological polar surface area (TPSA) is 26.3 Å². The van der Waals surface area contributed by atoms with Gasteiger partial charge in [0, 0.05) is 12.2 Å². The van der Waals surface area contributed by atoms with Gasteiger partial charge >= 0.3 is 0 Å². The van der Waals surface area contributed by atoms with Crippen LogP contribution in [0, 0.1) is 6.92 Å². The van der Waals surface area contributed by atoms with Gasteiger partial charge in [0.15, 0.2) is 5.78 Å². The standard InChI is InChI=1S/C16H16O2/c1-11-8-9-14(13-6-3-2-5-12(11)13)16(17)15-7-4-10-18-15/h2-3,5-6,8-9,15H,4,7,10H2,1H3. The van der Waals surface area contributed by atoms with Gasteiger partial charge in [-0.3, -0.25) is 4.79 Å². The molecule has 1 unspecified atom stereocenters. The van der Waals surface area contributed by atoms with Gasteiger partial charge in [0.25, 0.3) is 0 Å². The van der Waals surface area contributed by atoms with E-state index in [1.54, 1.807) is 0 Å². The van der Waals surface area contributed by atoms with E-state index < -0.39 is 0 Å². The first-order valence-electron chi connectivity index (χ1n) is 6.41. The lowest BCUT2D eigenvalue weighted by Gasteiger charge is -2.12. The molecule has 0 N–H and O–H groups in total. The van der Waals surface area contributed by atoms with E-state index in [9.17, 15) is 4.79 Å². The molecule has 1 fully saturated rings. The summed E-state index contributed by atoms with van der Waals surface area (Å²) in [5, 5.41) is 2.19. The fraction of sp³-hybridized carbons (Fsp3) is 0.312. The first kappa shape index (κ1) is 11.4. The number of ether oxygens (including phenoxy) is 1. The van der Waals surface area contributed by atoms with E-state index in [0.717, 1.165) is 29.2 Å². The third kappa shape index (κ3) is 1.83. The quantitative estimate of drug-likeness (QED) is 0.751. The van der Waals surface area contributed by atoms with E-state index in [0.29, 0.717) is 6.61 Å². The lowest BCUT2D eigenvalue weighted by atomic mass is 9.95. The number of hydrogen-bond donors (Lipinski definition) is 0. The van der Waals surface area contributed by atoms with Crippen molar-refractivity contribution in [2.24, 2.45) is 0 Å². The summed E-state index contributed by atoms with van der Waals surface area (Å²) in [6, 6.07) is 12.0. The fourth-order valence-electron chi connectivity index (χ4n) is 2.62. The number of Topliss-reactive ketones (excluding diaryl/α,β-unsaturated/α-hetero) is 1. The minimum atomic E-state index is -0.240. The second-order valence-electron chi connectivity index (χ2n) is 4.84. The molecule has 1 heterocycles. The molecule has 2 heteroatoms. The van der Waals surface area contributed by atoms with Gasteiger partial charge in [-0.25, -0.2) is 0 Å². The van der Waals surface area contributed by atoms with E-state index in [1.165, 1.54) is 5.56 Å². The van der Waals surface area contributed by atoms with Crippen LogP contribution in [-0.2, 0) is 4.74 Å². The molecule has 0 amide bonds. The maximum Gasteiger partial charge on any atom is 0.192 e. The van der Waals surface area contributed by atoms with Crippen LogP contribution in [0.15, 0.2) is 36.4 Å². The largest absolute Gasteiger partial charge is 0.370 e. The van der Waals surface area contributed by atoms with Crippen molar-refractivity contribution in [3.8, 4) is 0 Å². The first-order chi connectivity index (χ1) is 8.77. The van der Waals surface area contributed by atoms with Crippen LogP contribution in [0.1, 0.15) is 28.8 Å². The minimum absolute atomic E-state index is 0.128. The maximum absolute atomic E-state index is 12.4. The third-order valence-corrected chi connectivity index (χ3v) is 3.63. The second kappa shape index (κ2) is 4.54. The van der Waals surface area contributed by atoms with Crippen LogP contribution in [0.5, 0.6) is 0 Å². The van der Waals surface area contributed by atoms with Crippen LogP contribution >= 0.6 is 0 Å². The van der Waals surface area contributed by atoms with Gasteiger partial charge in [-0.2, -0.15) is 0 Å². The Kier molecular flexibility index (Phi) is 2.88. The van der Waals surface area contributed by atoms with Crippen LogP contribution in [0.2, 0.25) is 0 Å². The van der Waals surface area contributed by atoms with Gasteiger partial charge in [-0.05, 0) is 36.1 Å². The van der Waals surface area contributed by atoms with E-state index in [1.807, 2.05) is 30.3 Å². The zero-order valence-electron chi connectivity index (χ0n) is 10.5. The summed E-state index contributed by atoms with van der Waals surface area (Å²) in [7, 11) is 0. The number of hydrogen-bond acceptors (Lipinski definition) is 2. The van der Waals surface area contributed by atoms with Crippen LogP contribution in [0.4, 0.5) is 0 Å². The Morgan fingerprint density at radius 2 is 1.94 bits per heavy atom. The van der Waals surface area contributed by atoms with Crippen molar-refractivity contribution in [1.29, 1.82) is 0 Å². The molecule has 2 aromatic rings. The summed E-state index contributed by atoms with van der Waals surface area (Å²) in [5.41, 5.74) is 2.00. The number of benzene rings is 2. The Morgan fingerprint density at radius 3 is 2.67 bits per heavy atom. The number of rotatable bonds is 2. The number of carbonyl (C=O) groups is 1. The predicted octanol–water partition coefficient (Wildman–Crippen LogP) is 3.51. The molecule has 0 radical (unpaired) electrons. The normalized spacial score (nSPS) is 19.3. The van der Waals surface area contributed by atoms with E-state index >= 15 is 0 Å². The zero-order valence-corrected chi connectivity index (χ0v) is 10.5. The Balaban J connectivity index is 2.11. The highest BCUT2D eigenvalue weighted by Crippen LogP contribution is 2.26. The average Bonchev–Trinajstić information content (AvgIpc) is 2.93. The number of ketones is 1. The maximum atomic E-state index is 12.4. The van der Waals surface area contributed by atoms with Gasteiger partial charge in [-0.1, -0.05) is 36.4 Å². The van der Waals surface area contributed by atoms with Crippen molar-refractivity contribution < 1.29 is 9.53 Å². The molecular weight excluding hydrogens is 224 g/mol. The summed E-state index contributed by atoms with van der Waals surface area (Å²) in [6.45, 7) is 2.78. The highest BCUT2D eigenvalue weighted by molar-refractivity contribution is 6.10. The number of carbonyl (C=O) groups excluding carboxylic acids is 1. The molecule has 18 heavy (non-hydrogen) atoms. The monoisotopic (exact) mass is 240 g/mol. The van der Waals surface area contributed by atoms with Crippen LogP contribution < -0.4 is 0 Å². The van der Waals surface area contributed by atoms with Gasteiger partial charge in [0.1, 0.15) is 6.10 Å². The molecule has 1 aliphatic rings. The van der Waals surface area contributed by atoms with Crippen LogP contribution in [0.25, 0.3) is 10.8 Å². The van der Waals surface area contributed by atoms with Crippen molar-refractivity contribution in [1.82, 2.24) is 0 Å². The molecule has 1 saturated heterocycles. The number of aryl methyl sites for hydroxylation is 1. The molecule has 0 aliphatic carbocycles. The lowest BCUT2D eigenvalue weighted by Crippen LogP contribution is -2.19. The van der Waals surface area contributed by atoms with E-state index in [4.69, 9.17) is 4.74 Å². The lowest BCUT2D eigenvalue weighted by molar-refractivity contribution is 0.0644. The Morgan fingerprint density at radius 1 is 1.17 bits per heavy atom. The third-order valence-electron chi connectivity index (χ3n) is 3.63. The van der Waals surface area contributed by atoms with E-state index in [2.05, 4.69) is 13.0 Å². The summed E-state index contributed by atoms with van der Waals surface area (Å²) >= 11 is 0. The van der Waals surface area contributed by atoms with Crippen molar-refractivity contribution in [2.75, 3.05) is 6.61 Å². The van der Waals surface area contributed by atoms with Crippen LogP contribution in [-0.4, -0.2) is 18.5 Å². The molecule has 0 aromatic heterocycles. The van der Waals surface area contributed by atoms with Crippen molar-refractivity contribution in [3.05, 3.63) is 47.5 Å². The molecule has 0 spiro atoms. The number of fused-ring (bicyclic) bond motifs is 1. The molecule has 0 bridgehead atoms. The summed E-state index contributed by atoms with van der Waals surface area (Å²) in [4.78, 5) is 12.4. The smallest absolute Gasteiger partial charge is 0.192 e. The first-order valence-corrected chi connectivity index (χ1v) is 6.41. The highest BCUT2D eigenvalue weighted by Gasteiger charge is 2.25. The summed E-state index contributed by atoms with van der Waals surface area (Å²) in [5.74, 6) is 0.128. The van der Waals surface area contributed by atoms with Crippen LogP contribution in [0.3, 0.4) is 0 Å². The van der Waals surface area contributed by atoms with Crippen molar-refractivity contribution in [3.63, 3.8) is 0 Å². The molecular formula is C16H16O2. The molecule has 1 atom stereocenters. The molecule has 92 valence electrons. The summed E-state index contributed by atoms with van der Waals surface area (Å²) < 4.78 is 5.50. The Labute approximate surface area is 107 Å². The molecule has 1 aliphatic heterocycles. The van der Waals surface area contributed by atoms with Gasteiger partial charge in [0.2, 0.25) is 0 Å². The molecule has 3 rings (SSSR count). The van der Waals surface area contributed by atoms with Gasteiger partial charge in [0.05, 0.1) is 0 Å². The molecule has 0 saturated carbocycles. The van der Waals surface area contributed by atoms with E-state index in [-0.39, 0.29) is 11.9 Å². The summed E-state index contributed by atoms with van der Waals surface area (Å²) in [6.07, 6.45) is 1.59. The Bertz CT molecular complexity index is 595. The van der Waals surface area contributed by atoms with Crippen molar-refractivity contribution in [2.45, 2.75) is 25.9 Å². The van der Waals surface area contributed by atoms with Crippen molar-refractivity contribution >= 4 is 16.6 Å². The molecule has 2 nitrogen and oxygen atoms in total. The Hall–Kier alpha value is -1.67.